The number of nitrogens with zero attached hydrogens (tertiary/aromatic N) is 6. The monoisotopic (exact) mass is 443 g/mol. The van der Waals surface area contributed by atoms with Crippen LogP contribution in [-0.2, 0) is 4.79 Å². The van der Waals surface area contributed by atoms with Crippen LogP contribution in [0.25, 0.3) is 23.0 Å². The Morgan fingerprint density at radius 3 is 2.79 bits per heavy atom. The van der Waals surface area contributed by atoms with Crippen LogP contribution >= 0.6 is 0 Å². The van der Waals surface area contributed by atoms with Crippen LogP contribution < -0.4 is 5.32 Å². The second-order valence-electron chi connectivity index (χ2n) is 7.83. The molecule has 1 aliphatic heterocycles. The molecule has 1 atom stereocenters. The maximum Gasteiger partial charge on any atom is 0.280 e. The van der Waals surface area contributed by atoms with Crippen molar-refractivity contribution >= 4 is 17.5 Å². The van der Waals surface area contributed by atoms with Gasteiger partial charge in [0, 0.05) is 36.8 Å². The molecule has 0 radical (unpaired) electrons. The Balaban J connectivity index is 1.27. The lowest BCUT2D eigenvalue weighted by molar-refractivity contribution is -0.114. The first kappa shape index (κ1) is 20.6. The normalized spacial score (nSPS) is 15.5. The molecule has 1 saturated heterocycles. The molecular formula is C23H21N7O3. The number of hydrogen-bond acceptors (Lipinski definition) is 7. The number of amides is 2. The molecule has 166 valence electrons. The Labute approximate surface area is 189 Å². The van der Waals surface area contributed by atoms with E-state index in [1.54, 1.807) is 40.0 Å². The molecule has 10 heteroatoms. The molecule has 2 aromatic heterocycles. The highest BCUT2D eigenvalue weighted by molar-refractivity contribution is 5.97. The molecule has 0 spiro atoms. The van der Waals surface area contributed by atoms with Crippen LogP contribution in [0.15, 0.2) is 65.3 Å². The van der Waals surface area contributed by atoms with Gasteiger partial charge in [0.1, 0.15) is 0 Å². The zero-order chi connectivity index (χ0) is 22.8. The van der Waals surface area contributed by atoms with Gasteiger partial charge in [-0.05, 0) is 24.6 Å². The lowest BCUT2D eigenvalue weighted by atomic mass is 10.1. The van der Waals surface area contributed by atoms with Crippen LogP contribution in [0.2, 0.25) is 0 Å². The summed E-state index contributed by atoms with van der Waals surface area (Å²) in [6.07, 6.45) is 2.51. The Hall–Kier alpha value is -4.34. The van der Waals surface area contributed by atoms with Crippen LogP contribution in [-0.4, -0.2) is 54.9 Å². The number of nitrogens with one attached hydrogen (secondary N) is 1. The molecular weight excluding hydrogens is 422 g/mol. The fourth-order valence-corrected chi connectivity index (χ4v) is 3.84. The molecule has 5 rings (SSSR count). The smallest absolute Gasteiger partial charge is 0.280 e. The molecule has 0 aliphatic carbocycles. The molecule has 33 heavy (non-hydrogen) atoms. The maximum absolute atomic E-state index is 13.0. The summed E-state index contributed by atoms with van der Waals surface area (Å²) in [7, 11) is 0. The molecule has 4 aromatic rings. The van der Waals surface area contributed by atoms with E-state index < -0.39 is 0 Å². The molecule has 0 unspecified atom stereocenters. The SMILES string of the molecule is CC(=O)Nc1cccc(C(=O)N2CC[C@H](n3cc(-c4nc(-c5ccccc5)no4)nn3)C2)c1. The van der Waals surface area contributed by atoms with Gasteiger partial charge in [-0.1, -0.05) is 46.8 Å². The van der Waals surface area contributed by atoms with E-state index >= 15 is 0 Å². The number of carbonyl (C=O) groups is 2. The standard InChI is InChI=1S/C23H21N7O3/c1-15(31)24-18-9-5-8-17(12-18)23(32)29-11-10-19(13-29)30-14-20(26-28-30)22-25-21(27-33-22)16-6-3-2-4-7-16/h2-9,12,14,19H,10-11,13H2,1H3,(H,24,31)/t19-/m0/s1. The summed E-state index contributed by atoms with van der Waals surface area (Å²) in [6, 6.07) is 16.5. The van der Waals surface area contributed by atoms with Crippen molar-refractivity contribution in [3.63, 3.8) is 0 Å². The van der Waals surface area contributed by atoms with Gasteiger partial charge >= 0.3 is 0 Å². The Morgan fingerprint density at radius 2 is 1.97 bits per heavy atom. The third-order valence-corrected chi connectivity index (χ3v) is 5.44. The topological polar surface area (TPSA) is 119 Å². The Bertz CT molecular complexity index is 1300. The fraction of sp³-hybridized carbons (Fsp3) is 0.217. The van der Waals surface area contributed by atoms with Gasteiger partial charge in [0.2, 0.25) is 11.7 Å². The highest BCUT2D eigenvalue weighted by atomic mass is 16.5. The van der Waals surface area contributed by atoms with Gasteiger partial charge in [-0.15, -0.1) is 5.10 Å². The molecule has 2 aromatic carbocycles. The largest absolute Gasteiger partial charge is 0.336 e. The molecule has 1 aliphatic rings. The first-order chi connectivity index (χ1) is 16.1. The summed E-state index contributed by atoms with van der Waals surface area (Å²) in [5.41, 5.74) is 2.46. The molecule has 0 saturated carbocycles. The van der Waals surface area contributed by atoms with Gasteiger partial charge in [0.05, 0.1) is 12.2 Å². The van der Waals surface area contributed by atoms with Gasteiger partial charge in [0.15, 0.2) is 5.69 Å². The summed E-state index contributed by atoms with van der Waals surface area (Å²) in [6.45, 7) is 2.54. The van der Waals surface area contributed by atoms with Crippen LogP contribution in [0, 0.1) is 0 Å². The van der Waals surface area contributed by atoms with Crippen molar-refractivity contribution in [2.45, 2.75) is 19.4 Å². The maximum atomic E-state index is 13.0. The first-order valence-corrected chi connectivity index (χ1v) is 10.5. The van der Waals surface area contributed by atoms with E-state index in [9.17, 15) is 9.59 Å². The van der Waals surface area contributed by atoms with Crippen molar-refractivity contribution in [1.82, 2.24) is 30.0 Å². The van der Waals surface area contributed by atoms with E-state index in [2.05, 4.69) is 25.8 Å². The Morgan fingerprint density at radius 1 is 1.12 bits per heavy atom. The predicted molar refractivity (Wildman–Crippen MR) is 119 cm³/mol. The van der Waals surface area contributed by atoms with Gasteiger partial charge in [-0.25, -0.2) is 4.68 Å². The van der Waals surface area contributed by atoms with Crippen molar-refractivity contribution in [2.24, 2.45) is 0 Å². The summed E-state index contributed by atoms with van der Waals surface area (Å²) in [5, 5.41) is 15.1. The second-order valence-corrected chi connectivity index (χ2v) is 7.83. The van der Waals surface area contributed by atoms with Gasteiger partial charge in [-0.3, -0.25) is 9.59 Å². The number of rotatable bonds is 5. The predicted octanol–water partition coefficient (Wildman–Crippen LogP) is 3.04. The molecule has 0 bridgehead atoms. The molecule has 1 N–H and O–H groups in total. The quantitative estimate of drug-likeness (QED) is 0.503. The lowest BCUT2D eigenvalue weighted by Crippen LogP contribution is -2.29. The average Bonchev–Trinajstić information content (AvgIpc) is 3.59. The van der Waals surface area contributed by atoms with Crippen LogP contribution in [0.3, 0.4) is 0 Å². The minimum Gasteiger partial charge on any atom is -0.336 e. The first-order valence-electron chi connectivity index (χ1n) is 10.5. The minimum atomic E-state index is -0.181. The van der Waals surface area contributed by atoms with E-state index in [1.807, 2.05) is 30.3 Å². The second kappa shape index (κ2) is 8.65. The van der Waals surface area contributed by atoms with Gasteiger partial charge in [0.25, 0.3) is 11.8 Å². The van der Waals surface area contributed by atoms with Crippen molar-refractivity contribution in [2.75, 3.05) is 18.4 Å². The van der Waals surface area contributed by atoms with Crippen LogP contribution in [0.1, 0.15) is 29.7 Å². The highest BCUT2D eigenvalue weighted by Gasteiger charge is 2.29. The summed E-state index contributed by atoms with van der Waals surface area (Å²) in [4.78, 5) is 30.4. The van der Waals surface area contributed by atoms with Gasteiger partial charge < -0.3 is 14.7 Å². The third-order valence-electron chi connectivity index (χ3n) is 5.44. The summed E-state index contributed by atoms with van der Waals surface area (Å²) in [5.74, 6) is 0.509. The number of carbonyl (C=O) groups excluding carboxylic acids is 2. The van der Waals surface area contributed by atoms with E-state index in [0.717, 1.165) is 12.0 Å². The van der Waals surface area contributed by atoms with Crippen molar-refractivity contribution in [1.29, 1.82) is 0 Å². The summed E-state index contributed by atoms with van der Waals surface area (Å²) < 4.78 is 7.10. The van der Waals surface area contributed by atoms with Crippen LogP contribution in [0.4, 0.5) is 5.69 Å². The average molecular weight is 443 g/mol. The number of likely N-dealkylation sites (tertiary alicyclic amines) is 1. The number of hydrogen-bond donors (Lipinski definition) is 1. The van der Waals surface area contributed by atoms with E-state index in [1.165, 1.54) is 6.92 Å². The van der Waals surface area contributed by atoms with Crippen molar-refractivity contribution in [3.05, 3.63) is 66.4 Å². The zero-order valence-corrected chi connectivity index (χ0v) is 17.9. The number of anilines is 1. The number of aromatic nitrogens is 5. The third kappa shape index (κ3) is 4.36. The molecule has 2 amide bonds. The van der Waals surface area contributed by atoms with E-state index in [-0.39, 0.29) is 17.9 Å². The molecule has 3 heterocycles. The number of benzene rings is 2. The van der Waals surface area contributed by atoms with Crippen LogP contribution in [0.5, 0.6) is 0 Å². The van der Waals surface area contributed by atoms with E-state index in [4.69, 9.17) is 4.52 Å². The Kier molecular flexibility index (Phi) is 5.39. The molecule has 1 fully saturated rings. The lowest BCUT2D eigenvalue weighted by Gasteiger charge is -2.17. The zero-order valence-electron chi connectivity index (χ0n) is 17.9. The highest BCUT2D eigenvalue weighted by Crippen LogP contribution is 2.26. The van der Waals surface area contributed by atoms with Gasteiger partial charge in [-0.2, -0.15) is 4.98 Å². The minimum absolute atomic E-state index is 0.00903. The fourth-order valence-electron chi connectivity index (χ4n) is 3.84. The van der Waals surface area contributed by atoms with Crippen molar-refractivity contribution in [3.8, 4) is 23.0 Å². The summed E-state index contributed by atoms with van der Waals surface area (Å²) >= 11 is 0. The molecule has 10 nitrogen and oxygen atoms in total. The van der Waals surface area contributed by atoms with E-state index in [0.29, 0.717) is 41.7 Å². The van der Waals surface area contributed by atoms with Crippen molar-refractivity contribution < 1.29 is 14.1 Å².